The van der Waals surface area contributed by atoms with Crippen LogP contribution in [0, 0.1) is 0 Å². The van der Waals surface area contributed by atoms with Crippen LogP contribution in [0.15, 0.2) is 42.5 Å². The number of carbonyl (C=O) groups excluding carboxylic acids is 1. The largest absolute Gasteiger partial charge is 0.482 e. The summed E-state index contributed by atoms with van der Waals surface area (Å²) in [5.41, 5.74) is 0.952. The number of hydrogen-bond acceptors (Lipinski definition) is 6. The molecule has 3 aromatic rings. The zero-order chi connectivity index (χ0) is 20.0. The molecule has 1 fully saturated rings. The van der Waals surface area contributed by atoms with Crippen LogP contribution in [-0.4, -0.2) is 54.2 Å². The van der Waals surface area contributed by atoms with Crippen LogP contribution in [0.5, 0.6) is 11.5 Å². The first kappa shape index (κ1) is 18.5. The van der Waals surface area contributed by atoms with Crippen molar-refractivity contribution in [3.63, 3.8) is 0 Å². The van der Waals surface area contributed by atoms with Gasteiger partial charge in [-0.05, 0) is 37.3 Å². The van der Waals surface area contributed by atoms with Gasteiger partial charge in [0.25, 0.3) is 5.91 Å². The normalized spacial score (nSPS) is 21.4. The number of aromatic nitrogens is 1. The third-order valence-electron chi connectivity index (χ3n) is 5.29. The number of halogens is 1. The zero-order valence-electron chi connectivity index (χ0n) is 15.9. The molecule has 3 heterocycles. The fourth-order valence-electron chi connectivity index (χ4n) is 3.71. The van der Waals surface area contributed by atoms with Crippen molar-refractivity contribution in [2.45, 2.75) is 19.1 Å². The summed E-state index contributed by atoms with van der Waals surface area (Å²) in [4.78, 5) is 21.9. The lowest BCUT2D eigenvalue weighted by molar-refractivity contribution is -0.144. The molecule has 2 unspecified atom stereocenters. The Hall–Kier alpha value is -2.51. The summed E-state index contributed by atoms with van der Waals surface area (Å²) in [5.74, 6) is 1.28. The Kier molecular flexibility index (Phi) is 4.72. The molecule has 0 aliphatic carbocycles. The van der Waals surface area contributed by atoms with Crippen molar-refractivity contribution in [2.24, 2.45) is 0 Å². The standard InChI is InChI=1S/C21H20ClN3O3S/c1-13-19(28-17-5-3-2-4-16(17)27-13)20(26)24-8-10-25(11-9-24)21-23-15-7-6-14(22)12-18(15)29-21/h2-7,12-13,19H,8-11H2,1H3. The molecule has 0 spiro atoms. The second-order valence-electron chi connectivity index (χ2n) is 7.23. The first-order valence-electron chi connectivity index (χ1n) is 9.61. The number of para-hydroxylation sites is 2. The molecule has 2 aromatic carbocycles. The average Bonchev–Trinajstić information content (AvgIpc) is 3.16. The summed E-state index contributed by atoms with van der Waals surface area (Å²) >= 11 is 7.71. The van der Waals surface area contributed by atoms with Crippen molar-refractivity contribution in [3.05, 3.63) is 47.5 Å². The lowest BCUT2D eigenvalue weighted by Gasteiger charge is -2.38. The van der Waals surface area contributed by atoms with Crippen LogP contribution in [-0.2, 0) is 4.79 Å². The molecule has 150 valence electrons. The summed E-state index contributed by atoms with van der Waals surface area (Å²) in [6, 6.07) is 13.2. The summed E-state index contributed by atoms with van der Waals surface area (Å²) < 4.78 is 12.9. The lowest BCUT2D eigenvalue weighted by Crippen LogP contribution is -2.56. The number of benzene rings is 2. The molecule has 2 aliphatic heterocycles. The van der Waals surface area contributed by atoms with E-state index in [1.807, 2.05) is 54.3 Å². The van der Waals surface area contributed by atoms with Crippen LogP contribution < -0.4 is 14.4 Å². The molecule has 2 aliphatic rings. The third kappa shape index (κ3) is 3.49. The van der Waals surface area contributed by atoms with E-state index in [4.69, 9.17) is 26.1 Å². The van der Waals surface area contributed by atoms with Gasteiger partial charge < -0.3 is 19.3 Å². The van der Waals surface area contributed by atoms with E-state index in [1.165, 1.54) is 0 Å². The van der Waals surface area contributed by atoms with Crippen LogP contribution in [0.3, 0.4) is 0 Å². The molecule has 29 heavy (non-hydrogen) atoms. The summed E-state index contributed by atoms with van der Waals surface area (Å²) in [6.45, 7) is 4.60. The molecule has 1 amide bonds. The first-order valence-corrected chi connectivity index (χ1v) is 10.8. The van der Waals surface area contributed by atoms with Gasteiger partial charge in [0.1, 0.15) is 6.10 Å². The molecule has 0 saturated carbocycles. The van der Waals surface area contributed by atoms with Crippen molar-refractivity contribution in [1.82, 2.24) is 9.88 Å². The number of amides is 1. The Bertz CT molecular complexity index is 1060. The third-order valence-corrected chi connectivity index (χ3v) is 6.60. The molecule has 2 atom stereocenters. The van der Waals surface area contributed by atoms with E-state index < -0.39 is 6.10 Å². The minimum Gasteiger partial charge on any atom is -0.482 e. The molecule has 0 N–H and O–H groups in total. The Morgan fingerprint density at radius 3 is 2.59 bits per heavy atom. The van der Waals surface area contributed by atoms with E-state index in [0.717, 1.165) is 28.4 Å². The molecule has 1 saturated heterocycles. The Morgan fingerprint density at radius 2 is 1.83 bits per heavy atom. The maximum absolute atomic E-state index is 13.1. The van der Waals surface area contributed by atoms with Gasteiger partial charge in [0.15, 0.2) is 16.6 Å². The van der Waals surface area contributed by atoms with E-state index in [2.05, 4.69) is 4.90 Å². The van der Waals surface area contributed by atoms with Crippen LogP contribution in [0.1, 0.15) is 6.92 Å². The first-order chi connectivity index (χ1) is 14.1. The van der Waals surface area contributed by atoms with Crippen LogP contribution in [0.2, 0.25) is 5.02 Å². The number of carbonyl (C=O) groups is 1. The van der Waals surface area contributed by atoms with E-state index in [0.29, 0.717) is 29.6 Å². The highest BCUT2D eigenvalue weighted by molar-refractivity contribution is 7.22. The molecule has 0 bridgehead atoms. The second kappa shape index (κ2) is 7.39. The number of thiazole rings is 1. The van der Waals surface area contributed by atoms with E-state index in [-0.39, 0.29) is 12.0 Å². The highest BCUT2D eigenvalue weighted by Gasteiger charge is 2.37. The Labute approximate surface area is 177 Å². The Balaban J connectivity index is 1.26. The van der Waals surface area contributed by atoms with Crippen LogP contribution in [0.25, 0.3) is 10.2 Å². The highest BCUT2D eigenvalue weighted by Crippen LogP contribution is 2.34. The Morgan fingerprint density at radius 1 is 1.10 bits per heavy atom. The van der Waals surface area contributed by atoms with Crippen LogP contribution in [0.4, 0.5) is 5.13 Å². The van der Waals surface area contributed by atoms with E-state index in [1.54, 1.807) is 11.3 Å². The fraction of sp³-hybridized carbons (Fsp3) is 0.333. The monoisotopic (exact) mass is 429 g/mol. The van der Waals surface area contributed by atoms with Gasteiger partial charge in [-0.1, -0.05) is 35.1 Å². The summed E-state index contributed by atoms with van der Waals surface area (Å²) in [7, 11) is 0. The van der Waals surface area contributed by atoms with Gasteiger partial charge in [0.2, 0.25) is 6.10 Å². The molecule has 1 aromatic heterocycles. The average molecular weight is 430 g/mol. The van der Waals surface area contributed by atoms with Gasteiger partial charge in [-0.15, -0.1) is 0 Å². The number of nitrogens with zero attached hydrogens (tertiary/aromatic N) is 3. The minimum atomic E-state index is -0.624. The molecule has 8 heteroatoms. The highest BCUT2D eigenvalue weighted by atomic mass is 35.5. The van der Waals surface area contributed by atoms with Gasteiger partial charge in [0.05, 0.1) is 10.2 Å². The van der Waals surface area contributed by atoms with Crippen molar-refractivity contribution < 1.29 is 14.3 Å². The molecular formula is C21H20ClN3O3S. The van der Waals surface area contributed by atoms with Gasteiger partial charge in [-0.3, -0.25) is 4.79 Å². The molecular weight excluding hydrogens is 410 g/mol. The lowest BCUT2D eigenvalue weighted by atomic mass is 10.1. The molecule has 6 nitrogen and oxygen atoms in total. The van der Waals surface area contributed by atoms with Gasteiger partial charge in [-0.2, -0.15) is 0 Å². The smallest absolute Gasteiger partial charge is 0.267 e. The minimum absolute atomic E-state index is 0.0252. The number of ether oxygens (including phenoxy) is 2. The number of rotatable bonds is 2. The van der Waals surface area contributed by atoms with E-state index in [9.17, 15) is 4.79 Å². The van der Waals surface area contributed by atoms with Crippen molar-refractivity contribution in [2.75, 3.05) is 31.1 Å². The molecule has 5 rings (SSSR count). The maximum Gasteiger partial charge on any atom is 0.267 e. The molecule has 0 radical (unpaired) electrons. The van der Waals surface area contributed by atoms with Crippen LogP contribution >= 0.6 is 22.9 Å². The summed E-state index contributed by atoms with van der Waals surface area (Å²) in [6.07, 6.45) is -0.953. The van der Waals surface area contributed by atoms with Crippen molar-refractivity contribution in [1.29, 1.82) is 0 Å². The second-order valence-corrected chi connectivity index (χ2v) is 8.67. The van der Waals surface area contributed by atoms with Crippen molar-refractivity contribution >= 4 is 44.2 Å². The number of anilines is 1. The topological polar surface area (TPSA) is 54.9 Å². The summed E-state index contributed by atoms with van der Waals surface area (Å²) in [5, 5.41) is 1.68. The number of hydrogen-bond donors (Lipinski definition) is 0. The predicted molar refractivity (Wildman–Crippen MR) is 114 cm³/mol. The van der Waals surface area contributed by atoms with E-state index >= 15 is 0 Å². The number of piperazine rings is 1. The van der Waals surface area contributed by atoms with Gasteiger partial charge in [-0.25, -0.2) is 4.98 Å². The van der Waals surface area contributed by atoms with Crippen molar-refractivity contribution in [3.8, 4) is 11.5 Å². The van der Waals surface area contributed by atoms with Gasteiger partial charge >= 0.3 is 0 Å². The predicted octanol–water partition coefficient (Wildman–Crippen LogP) is 3.83. The zero-order valence-corrected chi connectivity index (χ0v) is 17.4. The number of fused-ring (bicyclic) bond motifs is 2. The SMILES string of the molecule is CC1Oc2ccccc2OC1C(=O)N1CCN(c2nc3ccc(Cl)cc3s2)CC1. The fourth-order valence-corrected chi connectivity index (χ4v) is 5.00. The van der Waals surface area contributed by atoms with Gasteiger partial charge in [0, 0.05) is 31.2 Å². The quantitative estimate of drug-likeness (QED) is 0.619. The maximum atomic E-state index is 13.1.